The predicted octanol–water partition coefficient (Wildman–Crippen LogP) is 3.95. The first-order chi connectivity index (χ1) is 13.2. The number of aryl methyl sites for hydroxylation is 2. The Kier molecular flexibility index (Phi) is 4.94. The zero-order chi connectivity index (χ0) is 18.8. The van der Waals surface area contributed by atoms with Gasteiger partial charge in [-0.25, -0.2) is 4.98 Å². The third-order valence-corrected chi connectivity index (χ3v) is 5.42. The molecule has 2 aromatic carbocycles. The van der Waals surface area contributed by atoms with E-state index in [9.17, 15) is 4.79 Å². The summed E-state index contributed by atoms with van der Waals surface area (Å²) >= 11 is 0. The second kappa shape index (κ2) is 7.53. The zero-order valence-corrected chi connectivity index (χ0v) is 16.0. The third kappa shape index (κ3) is 3.35. The molecule has 1 aliphatic heterocycles. The first-order valence-electron chi connectivity index (χ1n) is 9.81. The lowest BCUT2D eigenvalue weighted by Crippen LogP contribution is -2.17. The first kappa shape index (κ1) is 17.7. The van der Waals surface area contributed by atoms with Crippen LogP contribution < -0.4 is 10.6 Å². The monoisotopic (exact) mass is 362 g/mol. The summed E-state index contributed by atoms with van der Waals surface area (Å²) in [5, 5.41) is 6.45. The quantitative estimate of drug-likeness (QED) is 0.722. The Labute approximate surface area is 159 Å². The van der Waals surface area contributed by atoms with E-state index >= 15 is 0 Å². The minimum Gasteiger partial charge on any atom is -0.328 e. The number of hydrogen-bond acceptors (Lipinski definition) is 3. The molecule has 5 heteroatoms. The molecule has 1 amide bonds. The van der Waals surface area contributed by atoms with Gasteiger partial charge < -0.3 is 15.2 Å². The predicted molar refractivity (Wildman–Crippen MR) is 109 cm³/mol. The normalized spacial score (nSPS) is 16.7. The van der Waals surface area contributed by atoms with Gasteiger partial charge in [-0.15, -0.1) is 0 Å². The number of anilines is 1. The molecule has 4 rings (SSSR count). The van der Waals surface area contributed by atoms with Crippen LogP contribution >= 0.6 is 0 Å². The summed E-state index contributed by atoms with van der Waals surface area (Å²) < 4.78 is 2.23. The molecule has 0 bridgehead atoms. The van der Waals surface area contributed by atoms with Gasteiger partial charge in [-0.05, 0) is 55.6 Å². The Balaban J connectivity index is 1.62. The molecule has 0 aliphatic carbocycles. The van der Waals surface area contributed by atoms with E-state index in [1.165, 1.54) is 0 Å². The van der Waals surface area contributed by atoms with Crippen molar-refractivity contribution in [2.45, 2.75) is 39.2 Å². The van der Waals surface area contributed by atoms with Gasteiger partial charge in [0, 0.05) is 30.8 Å². The van der Waals surface area contributed by atoms with Crippen molar-refractivity contribution in [3.05, 3.63) is 59.4 Å². The Morgan fingerprint density at radius 1 is 1.26 bits per heavy atom. The molecular weight excluding hydrogens is 336 g/mol. The fraction of sp³-hybridized carbons (Fsp3) is 0.364. The summed E-state index contributed by atoms with van der Waals surface area (Å²) in [5.41, 5.74) is 4.73. The Bertz CT molecular complexity index is 970. The highest BCUT2D eigenvalue weighted by Gasteiger charge is 2.22. The van der Waals surface area contributed by atoms with Gasteiger partial charge >= 0.3 is 0 Å². The molecule has 1 aliphatic rings. The van der Waals surface area contributed by atoms with Crippen molar-refractivity contribution < 1.29 is 4.79 Å². The lowest BCUT2D eigenvalue weighted by molar-refractivity contribution is 0.102. The zero-order valence-electron chi connectivity index (χ0n) is 16.0. The van der Waals surface area contributed by atoms with E-state index in [1.54, 1.807) is 0 Å². The van der Waals surface area contributed by atoms with Gasteiger partial charge in [0.1, 0.15) is 5.82 Å². The molecule has 0 saturated carbocycles. The maximum Gasteiger partial charge on any atom is 0.255 e. The number of nitrogens with one attached hydrogen (secondary N) is 2. The molecule has 1 saturated heterocycles. The van der Waals surface area contributed by atoms with Crippen molar-refractivity contribution in [2.75, 3.05) is 18.4 Å². The fourth-order valence-corrected chi connectivity index (χ4v) is 4.06. The van der Waals surface area contributed by atoms with Gasteiger partial charge in [0.05, 0.1) is 11.0 Å². The number of hydrogen-bond donors (Lipinski definition) is 2. The van der Waals surface area contributed by atoms with Crippen LogP contribution in [0.15, 0.2) is 42.5 Å². The van der Waals surface area contributed by atoms with Crippen LogP contribution in [-0.2, 0) is 13.0 Å². The van der Waals surface area contributed by atoms with E-state index in [1.807, 2.05) is 36.4 Å². The Hall–Kier alpha value is -2.66. The van der Waals surface area contributed by atoms with Crippen molar-refractivity contribution in [3.8, 4) is 0 Å². The van der Waals surface area contributed by atoms with Gasteiger partial charge in [0.25, 0.3) is 5.91 Å². The second-order valence-corrected chi connectivity index (χ2v) is 7.06. The highest BCUT2D eigenvalue weighted by molar-refractivity contribution is 6.06. The summed E-state index contributed by atoms with van der Waals surface area (Å²) in [5.74, 6) is 1.43. The number of aromatic nitrogens is 2. The number of benzene rings is 2. The van der Waals surface area contributed by atoms with Crippen molar-refractivity contribution in [2.24, 2.45) is 0 Å². The molecule has 2 N–H and O–H groups in total. The SMILES string of the molecule is CCc1nc2cc(NC(=O)c3ccccc3C3CCNC3)ccc2n1CC. The van der Waals surface area contributed by atoms with Gasteiger partial charge in [-0.3, -0.25) is 4.79 Å². The largest absolute Gasteiger partial charge is 0.328 e. The van der Waals surface area contributed by atoms with Crippen LogP contribution in [0.4, 0.5) is 5.69 Å². The van der Waals surface area contributed by atoms with E-state index < -0.39 is 0 Å². The average molecular weight is 362 g/mol. The number of nitrogens with zero attached hydrogens (tertiary/aromatic N) is 2. The smallest absolute Gasteiger partial charge is 0.255 e. The summed E-state index contributed by atoms with van der Waals surface area (Å²) in [6, 6.07) is 13.9. The second-order valence-electron chi connectivity index (χ2n) is 7.06. The van der Waals surface area contributed by atoms with E-state index in [4.69, 9.17) is 4.98 Å². The lowest BCUT2D eigenvalue weighted by Gasteiger charge is -2.14. The fourth-order valence-electron chi connectivity index (χ4n) is 4.06. The van der Waals surface area contributed by atoms with Crippen molar-refractivity contribution >= 4 is 22.6 Å². The molecule has 1 fully saturated rings. The molecule has 2 heterocycles. The summed E-state index contributed by atoms with van der Waals surface area (Å²) in [7, 11) is 0. The molecule has 140 valence electrons. The highest BCUT2D eigenvalue weighted by Crippen LogP contribution is 2.27. The van der Waals surface area contributed by atoms with Crippen LogP contribution in [0.2, 0.25) is 0 Å². The average Bonchev–Trinajstić information content (AvgIpc) is 3.35. The van der Waals surface area contributed by atoms with E-state index in [-0.39, 0.29) is 5.91 Å². The lowest BCUT2D eigenvalue weighted by atomic mass is 9.93. The number of carbonyl (C=O) groups excluding carboxylic acids is 1. The van der Waals surface area contributed by atoms with Crippen LogP contribution in [0.1, 0.15) is 47.9 Å². The van der Waals surface area contributed by atoms with E-state index in [0.29, 0.717) is 5.92 Å². The highest BCUT2D eigenvalue weighted by atomic mass is 16.1. The molecule has 1 atom stereocenters. The van der Waals surface area contributed by atoms with Crippen molar-refractivity contribution in [1.29, 1.82) is 0 Å². The molecule has 27 heavy (non-hydrogen) atoms. The maximum atomic E-state index is 13.0. The molecular formula is C22H26N4O. The third-order valence-electron chi connectivity index (χ3n) is 5.42. The Morgan fingerprint density at radius 3 is 2.85 bits per heavy atom. The minimum absolute atomic E-state index is 0.0533. The van der Waals surface area contributed by atoms with Gasteiger partial charge in [0.15, 0.2) is 0 Å². The van der Waals surface area contributed by atoms with Crippen molar-refractivity contribution in [3.63, 3.8) is 0 Å². The molecule has 0 radical (unpaired) electrons. The number of amides is 1. The van der Waals surface area contributed by atoms with Crippen molar-refractivity contribution in [1.82, 2.24) is 14.9 Å². The molecule has 5 nitrogen and oxygen atoms in total. The number of fused-ring (bicyclic) bond motifs is 1. The molecule has 1 unspecified atom stereocenters. The van der Waals surface area contributed by atoms with E-state index in [2.05, 4.69) is 35.1 Å². The number of rotatable bonds is 5. The summed E-state index contributed by atoms with van der Waals surface area (Å²) in [6.07, 6.45) is 1.97. The standard InChI is InChI=1S/C22H26N4O/c1-3-21-25-19-13-16(9-10-20(19)26(21)4-2)24-22(27)18-8-6-5-7-17(18)15-11-12-23-14-15/h5-10,13,15,23H,3-4,11-12,14H2,1-2H3,(H,24,27). The van der Waals surface area contributed by atoms with Gasteiger partial charge in [-0.1, -0.05) is 25.1 Å². The van der Waals surface area contributed by atoms with Crippen LogP contribution in [0, 0.1) is 0 Å². The van der Waals surface area contributed by atoms with Crippen LogP contribution in [-0.4, -0.2) is 28.5 Å². The van der Waals surface area contributed by atoms with Crippen LogP contribution in [0.25, 0.3) is 11.0 Å². The molecule has 1 aromatic heterocycles. The Morgan fingerprint density at radius 2 is 2.11 bits per heavy atom. The topological polar surface area (TPSA) is 59.0 Å². The van der Waals surface area contributed by atoms with Gasteiger partial charge in [-0.2, -0.15) is 0 Å². The molecule has 0 spiro atoms. The summed E-state index contributed by atoms with van der Waals surface area (Å²) in [4.78, 5) is 17.7. The molecule has 3 aromatic rings. The summed E-state index contributed by atoms with van der Waals surface area (Å²) in [6.45, 7) is 7.09. The first-order valence-corrected chi connectivity index (χ1v) is 9.81. The van der Waals surface area contributed by atoms with E-state index in [0.717, 1.165) is 66.1 Å². The minimum atomic E-state index is -0.0533. The van der Waals surface area contributed by atoms with Gasteiger partial charge in [0.2, 0.25) is 0 Å². The van der Waals surface area contributed by atoms with Crippen LogP contribution in [0.3, 0.4) is 0 Å². The number of imidazole rings is 1. The van der Waals surface area contributed by atoms with Crippen LogP contribution in [0.5, 0.6) is 0 Å². The number of carbonyl (C=O) groups is 1. The maximum absolute atomic E-state index is 13.0.